The highest BCUT2D eigenvalue weighted by Gasteiger charge is 2.90. The average Bonchev–Trinajstić information content (AvgIpc) is 3.92. The summed E-state index contributed by atoms with van der Waals surface area (Å²) in [5.41, 5.74) is 21.2. The molecule has 2 spiro atoms. The summed E-state index contributed by atoms with van der Waals surface area (Å²) >= 11 is 0. The highest BCUT2D eigenvalue weighted by atomic mass is 16.3. The van der Waals surface area contributed by atoms with E-state index in [2.05, 4.69) is 199 Å². The van der Waals surface area contributed by atoms with Crippen LogP contribution in [-0.4, -0.2) is 0 Å². The van der Waals surface area contributed by atoms with Crippen molar-refractivity contribution in [2.75, 3.05) is 4.90 Å². The molecule has 0 radical (unpaired) electrons. The van der Waals surface area contributed by atoms with E-state index in [9.17, 15) is 0 Å². The van der Waals surface area contributed by atoms with E-state index in [-0.39, 0.29) is 5.41 Å². The SMILES string of the molecule is c1ccc(N(c2ccccc2-c2ccc3oc4ccccc4c3c2)c2ccccc2-c2cccc3cccc(C4CCCCC4)c23)c(-c2ccc3c(c2)C2(c4ccccc4-3)C3CC4CC5CC2C453)c1. The van der Waals surface area contributed by atoms with Gasteiger partial charge in [0.1, 0.15) is 11.2 Å². The predicted molar refractivity (Wildman–Crippen MR) is 285 cm³/mol. The summed E-state index contributed by atoms with van der Waals surface area (Å²) in [6.07, 6.45) is 10.8. The Hall–Kier alpha value is -7.16. The second-order valence-electron chi connectivity index (χ2n) is 21.7. The van der Waals surface area contributed by atoms with Crippen LogP contribution in [0.15, 0.2) is 199 Å². The molecule has 5 saturated carbocycles. The second-order valence-corrected chi connectivity index (χ2v) is 21.7. The molecule has 4 unspecified atom stereocenters. The van der Waals surface area contributed by atoms with Crippen LogP contribution < -0.4 is 4.90 Å². The van der Waals surface area contributed by atoms with Crippen LogP contribution in [0.4, 0.5) is 17.1 Å². The van der Waals surface area contributed by atoms with Crippen LogP contribution in [-0.2, 0) is 5.41 Å². The summed E-state index contributed by atoms with van der Waals surface area (Å²) in [5.74, 6) is 4.07. The first-order valence-electron chi connectivity index (χ1n) is 26.0. The van der Waals surface area contributed by atoms with Gasteiger partial charge in [-0.25, -0.2) is 0 Å². The fraction of sp³-hybridized carbons (Fsp3) is 0.224. The fourth-order valence-corrected chi connectivity index (χ4v) is 16.5. The average molecular weight is 888 g/mol. The number of hydrogen-bond acceptors (Lipinski definition) is 2. The zero-order valence-electron chi connectivity index (χ0n) is 38.9. The molecule has 5 fully saturated rings. The zero-order chi connectivity index (χ0) is 45.0. The van der Waals surface area contributed by atoms with Crippen LogP contribution in [0.3, 0.4) is 0 Å². The van der Waals surface area contributed by atoms with Gasteiger partial charge in [-0.1, -0.05) is 171 Å². The molecule has 1 heterocycles. The van der Waals surface area contributed by atoms with E-state index in [0.29, 0.717) is 11.3 Å². The zero-order valence-corrected chi connectivity index (χ0v) is 38.9. The quantitative estimate of drug-likeness (QED) is 0.159. The summed E-state index contributed by atoms with van der Waals surface area (Å²) in [6.45, 7) is 0. The lowest BCUT2D eigenvalue weighted by Crippen LogP contribution is -2.88. The molecule has 1 aromatic heterocycles. The minimum absolute atomic E-state index is 0.142. The molecular weight excluding hydrogens is 835 g/mol. The van der Waals surface area contributed by atoms with E-state index in [1.54, 1.807) is 11.1 Å². The molecule has 6 aliphatic rings. The van der Waals surface area contributed by atoms with Crippen molar-refractivity contribution in [2.24, 2.45) is 29.1 Å². The number of benzene rings is 9. The first kappa shape index (κ1) is 38.8. The molecule has 9 aromatic carbocycles. The molecule has 2 nitrogen and oxygen atoms in total. The van der Waals surface area contributed by atoms with Crippen molar-refractivity contribution < 1.29 is 4.42 Å². The molecule has 0 saturated heterocycles. The van der Waals surface area contributed by atoms with Crippen molar-refractivity contribution in [1.29, 1.82) is 0 Å². The van der Waals surface area contributed by atoms with Crippen molar-refractivity contribution in [3.8, 4) is 44.5 Å². The molecule has 4 atom stereocenters. The van der Waals surface area contributed by atoms with Gasteiger partial charge in [-0.3, -0.25) is 0 Å². The van der Waals surface area contributed by atoms with Gasteiger partial charge >= 0.3 is 0 Å². The summed E-state index contributed by atoms with van der Waals surface area (Å²) in [4.78, 5) is 2.61. The maximum atomic E-state index is 6.39. The summed E-state index contributed by atoms with van der Waals surface area (Å²) in [7, 11) is 0. The van der Waals surface area contributed by atoms with Gasteiger partial charge in [-0.05, 0) is 165 Å². The first-order valence-corrected chi connectivity index (χ1v) is 26.0. The van der Waals surface area contributed by atoms with E-state index in [0.717, 1.165) is 51.3 Å². The van der Waals surface area contributed by atoms with Gasteiger partial charge in [0.25, 0.3) is 0 Å². The van der Waals surface area contributed by atoms with Gasteiger partial charge in [0.15, 0.2) is 0 Å². The van der Waals surface area contributed by atoms with Crippen molar-refractivity contribution >= 4 is 49.8 Å². The van der Waals surface area contributed by atoms with Crippen molar-refractivity contribution in [1.82, 2.24) is 0 Å². The minimum atomic E-state index is 0.142. The first-order chi connectivity index (χ1) is 34.2. The van der Waals surface area contributed by atoms with Crippen LogP contribution in [0.5, 0.6) is 0 Å². The molecule has 0 amide bonds. The maximum absolute atomic E-state index is 6.39. The highest BCUT2D eigenvalue weighted by molar-refractivity contribution is 6.08. The molecule has 69 heavy (non-hydrogen) atoms. The molecule has 6 aliphatic carbocycles. The van der Waals surface area contributed by atoms with Crippen molar-refractivity contribution in [2.45, 2.75) is 62.7 Å². The molecule has 332 valence electrons. The lowest BCUT2D eigenvalue weighted by atomic mass is 9.11. The third-order valence-corrected chi connectivity index (χ3v) is 19.2. The van der Waals surface area contributed by atoms with E-state index in [1.807, 2.05) is 0 Å². The number of hydrogen-bond donors (Lipinski definition) is 0. The molecule has 0 aliphatic heterocycles. The Bertz CT molecular complexity index is 3740. The standard InChI is InChI=1S/C67H53NO/c1-2-16-41(17-3-1)49-25-14-18-42-19-15-26-54(65(42)49)52-23-7-12-30-60(52)68(58-28-10-5-20-47(58)43-33-35-62-55(36-43)53-24-8-13-31-61(53)69-62)59-29-11-6-21-48(59)44-32-34-51-50-22-4-9-27-56(50)67(57(51)37-44)63-39-45-38-46-40-64(67)66(45,46)63/h4-15,18-37,41,45-46,63-64H,1-3,16-17,38-40H2. The third-order valence-electron chi connectivity index (χ3n) is 19.2. The minimum Gasteiger partial charge on any atom is -0.456 e. The molecular formula is C67H53NO. The van der Waals surface area contributed by atoms with Crippen LogP contribution in [0, 0.1) is 29.1 Å². The molecule has 16 rings (SSSR count). The number of furan rings is 1. The summed E-state index contributed by atoms with van der Waals surface area (Å²) in [5, 5.41) is 5.01. The molecule has 0 N–H and O–H groups in total. The molecule has 0 bridgehead atoms. The number of fused-ring (bicyclic) bond motifs is 11. The van der Waals surface area contributed by atoms with Crippen LogP contribution in [0.25, 0.3) is 77.2 Å². The second kappa shape index (κ2) is 14.2. The van der Waals surface area contributed by atoms with E-state index >= 15 is 0 Å². The third kappa shape index (κ3) is 4.97. The van der Waals surface area contributed by atoms with Crippen molar-refractivity contribution in [3.05, 3.63) is 211 Å². The van der Waals surface area contributed by atoms with Crippen LogP contribution >= 0.6 is 0 Å². The normalized spacial score (nSPS) is 24.7. The van der Waals surface area contributed by atoms with Gasteiger partial charge in [-0.15, -0.1) is 0 Å². The van der Waals surface area contributed by atoms with Crippen molar-refractivity contribution in [3.63, 3.8) is 0 Å². The number of para-hydroxylation sites is 4. The van der Waals surface area contributed by atoms with Gasteiger partial charge in [0, 0.05) is 32.9 Å². The lowest BCUT2D eigenvalue weighted by molar-refractivity contribution is -0.412. The Morgan fingerprint density at radius 1 is 0.420 bits per heavy atom. The predicted octanol–water partition coefficient (Wildman–Crippen LogP) is 18.2. The maximum Gasteiger partial charge on any atom is 0.135 e. The van der Waals surface area contributed by atoms with Gasteiger partial charge in [0.05, 0.1) is 17.1 Å². The smallest absolute Gasteiger partial charge is 0.135 e. The van der Waals surface area contributed by atoms with Gasteiger partial charge in [0.2, 0.25) is 0 Å². The number of nitrogens with zero attached hydrogens (tertiary/aromatic N) is 1. The molecule has 10 aromatic rings. The lowest BCUT2D eigenvalue weighted by Gasteiger charge is -2.92. The Morgan fingerprint density at radius 2 is 1.00 bits per heavy atom. The molecule has 2 heteroatoms. The number of anilines is 3. The van der Waals surface area contributed by atoms with Crippen LogP contribution in [0.1, 0.15) is 74.0 Å². The van der Waals surface area contributed by atoms with E-state index in [1.165, 1.54) is 124 Å². The van der Waals surface area contributed by atoms with E-state index < -0.39 is 0 Å². The largest absolute Gasteiger partial charge is 0.456 e. The van der Waals surface area contributed by atoms with Gasteiger partial charge in [-0.2, -0.15) is 0 Å². The monoisotopic (exact) mass is 887 g/mol. The van der Waals surface area contributed by atoms with E-state index in [4.69, 9.17) is 4.42 Å². The van der Waals surface area contributed by atoms with Gasteiger partial charge < -0.3 is 9.32 Å². The Balaban J connectivity index is 0.926. The Morgan fingerprint density at radius 3 is 1.75 bits per heavy atom. The topological polar surface area (TPSA) is 16.4 Å². The Labute approximate surface area is 404 Å². The number of rotatable bonds is 7. The summed E-state index contributed by atoms with van der Waals surface area (Å²) < 4.78 is 6.39. The fourth-order valence-electron chi connectivity index (χ4n) is 16.5. The van der Waals surface area contributed by atoms with Crippen LogP contribution in [0.2, 0.25) is 0 Å². The Kier molecular flexibility index (Phi) is 7.98. The highest BCUT2D eigenvalue weighted by Crippen LogP contribution is 2.94. The summed E-state index contributed by atoms with van der Waals surface area (Å²) in [6, 6.07) is 73.9.